The lowest BCUT2D eigenvalue weighted by Gasteiger charge is -2.34. The van der Waals surface area contributed by atoms with Gasteiger partial charge in [0.15, 0.2) is 0 Å². The van der Waals surface area contributed by atoms with Crippen molar-refractivity contribution in [2.45, 2.75) is 13.3 Å². The van der Waals surface area contributed by atoms with Crippen LogP contribution >= 0.6 is 23.1 Å². The van der Waals surface area contributed by atoms with Gasteiger partial charge in [0.1, 0.15) is 5.82 Å². The van der Waals surface area contributed by atoms with Gasteiger partial charge < -0.3 is 15.1 Å². The average Bonchev–Trinajstić information content (AvgIpc) is 3.20. The SMILES string of the molecule is Cc1ccc(NC(=O)N2CCN(c3nc(Cc4ccccc4)ns3)CC2)cc1Cl. The van der Waals surface area contributed by atoms with Gasteiger partial charge in [-0.25, -0.2) is 9.78 Å². The first-order valence-electron chi connectivity index (χ1n) is 9.52. The number of halogens is 1. The van der Waals surface area contributed by atoms with E-state index in [0.29, 0.717) is 23.8 Å². The largest absolute Gasteiger partial charge is 0.343 e. The Morgan fingerprint density at radius 2 is 1.90 bits per heavy atom. The molecule has 0 bridgehead atoms. The van der Waals surface area contributed by atoms with Gasteiger partial charge in [-0.05, 0) is 30.2 Å². The maximum Gasteiger partial charge on any atom is 0.321 e. The van der Waals surface area contributed by atoms with Crippen LogP contribution in [0.1, 0.15) is 17.0 Å². The molecule has 0 aliphatic carbocycles. The number of anilines is 2. The molecule has 0 atom stereocenters. The summed E-state index contributed by atoms with van der Waals surface area (Å²) < 4.78 is 4.50. The summed E-state index contributed by atoms with van der Waals surface area (Å²) >= 11 is 7.56. The van der Waals surface area contributed by atoms with Crippen molar-refractivity contribution in [2.75, 3.05) is 36.4 Å². The molecule has 1 aliphatic heterocycles. The highest BCUT2D eigenvalue weighted by Crippen LogP contribution is 2.22. The molecule has 0 spiro atoms. The maximum absolute atomic E-state index is 12.5. The number of aryl methyl sites for hydroxylation is 1. The van der Waals surface area contributed by atoms with E-state index in [1.165, 1.54) is 17.1 Å². The van der Waals surface area contributed by atoms with Crippen LogP contribution in [0, 0.1) is 6.92 Å². The van der Waals surface area contributed by atoms with Crippen LogP contribution in [0.2, 0.25) is 5.02 Å². The number of benzene rings is 2. The van der Waals surface area contributed by atoms with E-state index in [9.17, 15) is 4.79 Å². The van der Waals surface area contributed by atoms with Crippen molar-refractivity contribution in [3.05, 3.63) is 70.5 Å². The van der Waals surface area contributed by atoms with Crippen LogP contribution in [0.4, 0.5) is 15.6 Å². The summed E-state index contributed by atoms with van der Waals surface area (Å²) in [4.78, 5) is 21.2. The van der Waals surface area contributed by atoms with Gasteiger partial charge in [0.05, 0.1) is 0 Å². The quantitative estimate of drug-likeness (QED) is 0.668. The molecule has 1 fully saturated rings. The highest BCUT2D eigenvalue weighted by Gasteiger charge is 2.23. The number of nitrogens with one attached hydrogen (secondary N) is 1. The first kappa shape index (κ1) is 19.7. The number of carbonyl (C=O) groups is 1. The van der Waals surface area contributed by atoms with E-state index in [2.05, 4.69) is 31.7 Å². The minimum absolute atomic E-state index is 0.105. The minimum Gasteiger partial charge on any atom is -0.343 e. The second kappa shape index (κ2) is 8.80. The summed E-state index contributed by atoms with van der Waals surface area (Å²) in [6.45, 7) is 4.69. The fourth-order valence-electron chi connectivity index (χ4n) is 3.20. The molecule has 2 aromatic carbocycles. The number of amides is 2. The summed E-state index contributed by atoms with van der Waals surface area (Å²) in [5, 5.41) is 4.49. The van der Waals surface area contributed by atoms with Gasteiger partial charge in [-0.2, -0.15) is 4.37 Å². The summed E-state index contributed by atoms with van der Waals surface area (Å²) in [7, 11) is 0. The van der Waals surface area contributed by atoms with Crippen molar-refractivity contribution in [1.29, 1.82) is 0 Å². The molecule has 4 rings (SSSR count). The standard InChI is InChI=1S/C21H22ClN5OS/c1-15-7-8-17(14-18(15)22)23-20(28)26-9-11-27(12-10-26)21-24-19(25-29-21)13-16-5-3-2-4-6-16/h2-8,14H,9-13H2,1H3,(H,23,28). The van der Waals surface area contributed by atoms with Crippen LogP contribution in [0.15, 0.2) is 48.5 Å². The molecule has 2 amide bonds. The Balaban J connectivity index is 1.31. The Morgan fingerprint density at radius 1 is 1.14 bits per heavy atom. The van der Waals surface area contributed by atoms with Gasteiger partial charge in [0.2, 0.25) is 5.13 Å². The lowest BCUT2D eigenvalue weighted by molar-refractivity contribution is 0.208. The van der Waals surface area contributed by atoms with Crippen LogP contribution < -0.4 is 10.2 Å². The van der Waals surface area contributed by atoms with Crippen molar-refractivity contribution < 1.29 is 4.79 Å². The van der Waals surface area contributed by atoms with Gasteiger partial charge in [-0.15, -0.1) is 0 Å². The molecule has 0 unspecified atom stereocenters. The number of hydrogen-bond acceptors (Lipinski definition) is 5. The zero-order valence-electron chi connectivity index (χ0n) is 16.1. The Labute approximate surface area is 179 Å². The van der Waals surface area contributed by atoms with Gasteiger partial charge in [0, 0.05) is 54.8 Å². The van der Waals surface area contributed by atoms with Crippen molar-refractivity contribution in [3.8, 4) is 0 Å². The third-order valence-electron chi connectivity index (χ3n) is 4.92. The molecule has 6 nitrogen and oxygen atoms in total. The molecule has 1 aliphatic rings. The van der Waals surface area contributed by atoms with Crippen LogP contribution in [0.3, 0.4) is 0 Å². The molecule has 2 heterocycles. The van der Waals surface area contributed by atoms with E-state index in [0.717, 1.165) is 36.0 Å². The van der Waals surface area contributed by atoms with E-state index >= 15 is 0 Å². The third kappa shape index (κ3) is 4.86. The topological polar surface area (TPSA) is 61.4 Å². The van der Waals surface area contributed by atoms with Crippen LogP contribution in [-0.2, 0) is 6.42 Å². The van der Waals surface area contributed by atoms with Crippen LogP contribution in [0.5, 0.6) is 0 Å². The van der Waals surface area contributed by atoms with E-state index in [-0.39, 0.29) is 6.03 Å². The number of nitrogens with zero attached hydrogens (tertiary/aromatic N) is 4. The Hall–Kier alpha value is -2.64. The zero-order chi connectivity index (χ0) is 20.2. The Morgan fingerprint density at radius 3 is 2.62 bits per heavy atom. The number of piperazine rings is 1. The number of rotatable bonds is 4. The van der Waals surface area contributed by atoms with Crippen LogP contribution in [-0.4, -0.2) is 46.5 Å². The fourth-order valence-corrected chi connectivity index (χ4v) is 4.11. The van der Waals surface area contributed by atoms with E-state index in [1.54, 1.807) is 6.07 Å². The van der Waals surface area contributed by atoms with Crippen molar-refractivity contribution in [3.63, 3.8) is 0 Å². The summed E-state index contributed by atoms with van der Waals surface area (Å²) in [5.74, 6) is 0.840. The van der Waals surface area contributed by atoms with Crippen molar-refractivity contribution in [2.24, 2.45) is 0 Å². The first-order chi connectivity index (χ1) is 14.1. The van der Waals surface area contributed by atoms with E-state index in [4.69, 9.17) is 11.6 Å². The number of carbonyl (C=O) groups excluding carboxylic acids is 1. The third-order valence-corrected chi connectivity index (χ3v) is 6.14. The first-order valence-corrected chi connectivity index (χ1v) is 10.7. The fraction of sp³-hybridized carbons (Fsp3) is 0.286. The molecule has 150 valence electrons. The lowest BCUT2D eigenvalue weighted by atomic mass is 10.1. The highest BCUT2D eigenvalue weighted by atomic mass is 35.5. The second-order valence-corrected chi connectivity index (χ2v) is 8.16. The van der Waals surface area contributed by atoms with Gasteiger partial charge in [0.25, 0.3) is 0 Å². The molecule has 1 N–H and O–H groups in total. The smallest absolute Gasteiger partial charge is 0.321 e. The molecular weight excluding hydrogens is 406 g/mol. The predicted octanol–water partition coefficient (Wildman–Crippen LogP) is 4.44. The molecule has 0 saturated carbocycles. The van der Waals surface area contributed by atoms with Gasteiger partial charge >= 0.3 is 6.03 Å². The van der Waals surface area contributed by atoms with E-state index < -0.39 is 0 Å². The average molecular weight is 428 g/mol. The lowest BCUT2D eigenvalue weighted by Crippen LogP contribution is -2.50. The maximum atomic E-state index is 12.5. The number of aromatic nitrogens is 2. The monoisotopic (exact) mass is 427 g/mol. The van der Waals surface area contributed by atoms with Crippen LogP contribution in [0.25, 0.3) is 0 Å². The van der Waals surface area contributed by atoms with Gasteiger partial charge in [-0.1, -0.05) is 48.0 Å². The normalized spacial score (nSPS) is 14.1. The minimum atomic E-state index is -0.105. The molecule has 1 aromatic heterocycles. The molecule has 0 radical (unpaired) electrons. The molecule has 8 heteroatoms. The molecular formula is C21H22ClN5OS. The molecule has 3 aromatic rings. The highest BCUT2D eigenvalue weighted by molar-refractivity contribution is 7.09. The predicted molar refractivity (Wildman–Crippen MR) is 118 cm³/mol. The Bertz CT molecular complexity index is 986. The summed E-state index contributed by atoms with van der Waals surface area (Å²) in [6.07, 6.45) is 0.735. The number of hydrogen-bond donors (Lipinski definition) is 1. The van der Waals surface area contributed by atoms with Crippen molar-refractivity contribution >= 4 is 40.0 Å². The Kier molecular flexibility index (Phi) is 5.97. The zero-order valence-corrected chi connectivity index (χ0v) is 17.7. The molecule has 29 heavy (non-hydrogen) atoms. The second-order valence-electron chi connectivity index (χ2n) is 7.02. The number of urea groups is 1. The van der Waals surface area contributed by atoms with Crippen molar-refractivity contribution in [1.82, 2.24) is 14.3 Å². The summed E-state index contributed by atoms with van der Waals surface area (Å²) in [5.41, 5.74) is 2.90. The van der Waals surface area contributed by atoms with E-state index in [1.807, 2.05) is 42.2 Å². The van der Waals surface area contributed by atoms with Gasteiger partial charge in [-0.3, -0.25) is 0 Å². The summed E-state index contributed by atoms with van der Waals surface area (Å²) in [6, 6.07) is 15.7. The molecule has 1 saturated heterocycles.